The molecule has 0 bridgehead atoms. The minimum Gasteiger partial charge on any atom is -0.497 e. The van der Waals surface area contributed by atoms with Crippen LogP contribution in [0.1, 0.15) is 0 Å². The predicted molar refractivity (Wildman–Crippen MR) is 51.0 cm³/mol. The molecular weight excluding hydrogens is 206 g/mol. The van der Waals surface area contributed by atoms with Crippen molar-refractivity contribution in [2.75, 3.05) is 12.4 Å². The van der Waals surface area contributed by atoms with E-state index in [9.17, 15) is 25.3 Å². The van der Waals surface area contributed by atoms with Crippen molar-refractivity contribution in [2.45, 2.75) is 0 Å². The predicted octanol–water partition coefficient (Wildman–Crippen LogP) is 1.25. The quantitative estimate of drug-likeness (QED) is 0.443. The van der Waals surface area contributed by atoms with E-state index in [1.54, 1.807) is 0 Å². The van der Waals surface area contributed by atoms with Gasteiger partial charge in [-0.3, -0.25) is 20.2 Å². The van der Waals surface area contributed by atoms with Gasteiger partial charge in [-0.25, -0.2) is 0 Å². The highest BCUT2D eigenvalue weighted by Crippen LogP contribution is 2.38. The zero-order valence-electron chi connectivity index (χ0n) is 7.63. The van der Waals surface area contributed by atoms with Crippen molar-refractivity contribution in [1.82, 2.24) is 0 Å². The van der Waals surface area contributed by atoms with Gasteiger partial charge in [0.15, 0.2) is 0 Å². The Morgan fingerprint density at radius 2 is 1.60 bits per heavy atom. The topological polar surface area (TPSA) is 119 Å². The maximum absolute atomic E-state index is 10.5. The standard InChI is InChI=1S/C7H7N3O5/c1-8-4-2-5(9(12)13)7(11)6(3-4)10(14)15/h2-3,8,11H,1H3. The second kappa shape index (κ2) is 3.78. The number of phenols is 1. The number of aromatic hydroxyl groups is 1. The lowest BCUT2D eigenvalue weighted by molar-refractivity contribution is -0.395. The molecule has 0 amide bonds. The van der Waals surface area contributed by atoms with E-state index in [4.69, 9.17) is 0 Å². The van der Waals surface area contributed by atoms with Crippen molar-refractivity contribution in [3.63, 3.8) is 0 Å². The van der Waals surface area contributed by atoms with Crippen LogP contribution in [0.4, 0.5) is 17.1 Å². The van der Waals surface area contributed by atoms with Gasteiger partial charge in [0.1, 0.15) is 0 Å². The Morgan fingerprint density at radius 1 is 1.20 bits per heavy atom. The number of anilines is 1. The van der Waals surface area contributed by atoms with Crippen LogP contribution in [0, 0.1) is 20.2 Å². The second-order valence-electron chi connectivity index (χ2n) is 2.63. The SMILES string of the molecule is CNc1cc([N+](=O)[O-])c(O)c([N+](=O)[O-])c1. The van der Waals surface area contributed by atoms with Crippen molar-refractivity contribution >= 4 is 17.1 Å². The van der Waals surface area contributed by atoms with E-state index in [0.717, 1.165) is 12.1 Å². The number of hydrogen-bond donors (Lipinski definition) is 2. The van der Waals surface area contributed by atoms with Gasteiger partial charge in [-0.2, -0.15) is 0 Å². The lowest BCUT2D eigenvalue weighted by Gasteiger charge is -2.02. The third kappa shape index (κ3) is 1.93. The Morgan fingerprint density at radius 3 is 1.87 bits per heavy atom. The van der Waals surface area contributed by atoms with Crippen LogP contribution in [-0.2, 0) is 0 Å². The summed E-state index contributed by atoms with van der Waals surface area (Å²) >= 11 is 0. The van der Waals surface area contributed by atoms with E-state index < -0.39 is 27.0 Å². The molecule has 80 valence electrons. The third-order valence-corrected chi connectivity index (χ3v) is 1.75. The van der Waals surface area contributed by atoms with Gasteiger partial charge in [0, 0.05) is 24.9 Å². The lowest BCUT2D eigenvalue weighted by Crippen LogP contribution is -1.97. The zero-order chi connectivity index (χ0) is 11.6. The second-order valence-corrected chi connectivity index (χ2v) is 2.63. The van der Waals surface area contributed by atoms with Crippen molar-refractivity contribution in [1.29, 1.82) is 0 Å². The number of phenolic OH excluding ortho intramolecular Hbond substituents is 1. The molecule has 8 nitrogen and oxygen atoms in total. The smallest absolute Gasteiger partial charge is 0.320 e. The molecule has 0 spiro atoms. The van der Waals surface area contributed by atoms with Crippen LogP contribution in [0.2, 0.25) is 0 Å². The fourth-order valence-corrected chi connectivity index (χ4v) is 1.03. The minimum absolute atomic E-state index is 0.186. The molecule has 1 rings (SSSR count). The van der Waals surface area contributed by atoms with Gasteiger partial charge in [-0.05, 0) is 0 Å². The first-order chi connectivity index (χ1) is 6.97. The monoisotopic (exact) mass is 213 g/mol. The van der Waals surface area contributed by atoms with E-state index in [1.165, 1.54) is 7.05 Å². The molecule has 0 atom stereocenters. The van der Waals surface area contributed by atoms with E-state index in [1.807, 2.05) is 0 Å². The highest BCUT2D eigenvalue weighted by molar-refractivity contribution is 5.68. The summed E-state index contributed by atoms with van der Waals surface area (Å²) in [4.78, 5) is 19.1. The van der Waals surface area contributed by atoms with Gasteiger partial charge in [0.05, 0.1) is 9.85 Å². The van der Waals surface area contributed by atoms with Crippen molar-refractivity contribution in [3.8, 4) is 5.75 Å². The summed E-state index contributed by atoms with van der Waals surface area (Å²) in [6.45, 7) is 0. The molecule has 0 heterocycles. The molecule has 2 N–H and O–H groups in total. The zero-order valence-corrected chi connectivity index (χ0v) is 7.63. The summed E-state index contributed by atoms with van der Waals surface area (Å²) in [5.74, 6) is -0.941. The molecule has 0 aromatic heterocycles. The molecule has 0 saturated carbocycles. The van der Waals surface area contributed by atoms with E-state index >= 15 is 0 Å². The highest BCUT2D eigenvalue weighted by atomic mass is 16.6. The van der Waals surface area contributed by atoms with Crippen molar-refractivity contribution in [2.24, 2.45) is 0 Å². The van der Waals surface area contributed by atoms with Crippen LogP contribution < -0.4 is 5.32 Å². The van der Waals surface area contributed by atoms with Gasteiger partial charge in [-0.1, -0.05) is 0 Å². The number of nitrogens with zero attached hydrogens (tertiary/aromatic N) is 2. The molecule has 0 aliphatic rings. The number of rotatable bonds is 3. The van der Waals surface area contributed by atoms with Crippen LogP contribution in [0.3, 0.4) is 0 Å². The Hall–Kier alpha value is -2.38. The lowest BCUT2D eigenvalue weighted by atomic mass is 10.2. The summed E-state index contributed by atoms with van der Waals surface area (Å²) in [6.07, 6.45) is 0. The first kappa shape index (κ1) is 10.7. The molecule has 1 aromatic carbocycles. The first-order valence-corrected chi connectivity index (χ1v) is 3.81. The van der Waals surface area contributed by atoms with Gasteiger partial charge < -0.3 is 10.4 Å². The van der Waals surface area contributed by atoms with Crippen LogP contribution in [0.5, 0.6) is 5.75 Å². The van der Waals surface area contributed by atoms with Crippen molar-refractivity contribution in [3.05, 3.63) is 32.4 Å². The largest absolute Gasteiger partial charge is 0.497 e. The Labute approximate surface area is 83.4 Å². The average molecular weight is 213 g/mol. The minimum atomic E-state index is -0.941. The molecular formula is C7H7N3O5. The summed E-state index contributed by atoms with van der Waals surface area (Å²) in [5, 5.41) is 32.7. The fourth-order valence-electron chi connectivity index (χ4n) is 1.03. The molecule has 0 fully saturated rings. The number of hydrogen-bond acceptors (Lipinski definition) is 6. The first-order valence-electron chi connectivity index (χ1n) is 3.81. The molecule has 0 aliphatic heterocycles. The number of nitrogens with one attached hydrogen (secondary N) is 1. The van der Waals surface area contributed by atoms with E-state index in [0.29, 0.717) is 0 Å². The third-order valence-electron chi connectivity index (χ3n) is 1.75. The van der Waals surface area contributed by atoms with Gasteiger partial charge in [0.2, 0.25) is 0 Å². The molecule has 0 saturated heterocycles. The molecule has 15 heavy (non-hydrogen) atoms. The van der Waals surface area contributed by atoms with Crippen molar-refractivity contribution < 1.29 is 15.0 Å². The van der Waals surface area contributed by atoms with Crippen LogP contribution in [0.15, 0.2) is 12.1 Å². The maximum Gasteiger partial charge on any atom is 0.320 e. The molecule has 0 aliphatic carbocycles. The Kier molecular flexibility index (Phi) is 2.70. The normalized spacial score (nSPS) is 9.67. The summed E-state index contributed by atoms with van der Waals surface area (Å²) in [6, 6.07) is 2.03. The maximum atomic E-state index is 10.5. The molecule has 0 radical (unpaired) electrons. The average Bonchev–Trinajstić information content (AvgIpc) is 2.17. The van der Waals surface area contributed by atoms with Crippen LogP contribution in [-0.4, -0.2) is 22.0 Å². The van der Waals surface area contributed by atoms with Crippen LogP contribution in [0.25, 0.3) is 0 Å². The summed E-state index contributed by atoms with van der Waals surface area (Å²) in [5.41, 5.74) is -1.21. The van der Waals surface area contributed by atoms with Crippen LogP contribution >= 0.6 is 0 Å². The number of benzene rings is 1. The summed E-state index contributed by atoms with van der Waals surface area (Å²) in [7, 11) is 1.46. The summed E-state index contributed by atoms with van der Waals surface area (Å²) < 4.78 is 0. The van der Waals surface area contributed by atoms with E-state index in [-0.39, 0.29) is 5.69 Å². The van der Waals surface area contributed by atoms with Gasteiger partial charge >= 0.3 is 11.4 Å². The highest BCUT2D eigenvalue weighted by Gasteiger charge is 2.25. The van der Waals surface area contributed by atoms with Gasteiger partial charge in [-0.15, -0.1) is 0 Å². The number of nitro benzene ring substituents is 2. The van der Waals surface area contributed by atoms with Gasteiger partial charge in [0.25, 0.3) is 5.75 Å². The fraction of sp³-hybridized carbons (Fsp3) is 0.143. The Balaban J connectivity index is 3.47. The molecule has 8 heteroatoms. The number of nitro groups is 2. The van der Waals surface area contributed by atoms with E-state index in [2.05, 4.69) is 5.32 Å². The molecule has 1 aromatic rings. The Bertz CT molecular complexity index is 396. The molecule has 0 unspecified atom stereocenters.